The molecule has 2 N–H and O–H groups in total. The molecule has 12 heteroatoms. The van der Waals surface area contributed by atoms with E-state index in [0.29, 0.717) is 36.4 Å². The molecule has 0 saturated carbocycles. The molecule has 200 valence electrons. The van der Waals surface area contributed by atoms with Gasteiger partial charge in [-0.1, -0.05) is 17.7 Å². The van der Waals surface area contributed by atoms with E-state index in [1.54, 1.807) is 41.1 Å². The number of aromatic nitrogens is 1. The number of alkyl halides is 3. The standard InChI is InChI=1S/C26H24ClF4N5O2/c1-34-8-9-36(25(34)38)21-3-2-15(10-20(21)27)18-12-17(28)13-19(24(18)37)16-4-5-33-23(11-16)35-7-6-32-22(14-35)26(29,30)31/h2-5,10-13,22,32,37H,6-9,14H2,1H3. The van der Waals surface area contributed by atoms with Gasteiger partial charge < -0.3 is 20.2 Å². The highest BCUT2D eigenvalue weighted by atomic mass is 35.5. The number of anilines is 2. The highest BCUT2D eigenvalue weighted by Gasteiger charge is 2.42. The van der Waals surface area contributed by atoms with E-state index < -0.39 is 18.0 Å². The number of carbonyl (C=O) groups excluding carboxylic acids is 1. The number of benzene rings is 2. The minimum atomic E-state index is -4.40. The van der Waals surface area contributed by atoms with Gasteiger partial charge in [0.25, 0.3) is 0 Å². The summed E-state index contributed by atoms with van der Waals surface area (Å²) < 4.78 is 54.5. The zero-order chi connectivity index (χ0) is 27.2. The quantitative estimate of drug-likeness (QED) is 0.442. The molecule has 2 fully saturated rings. The van der Waals surface area contributed by atoms with Gasteiger partial charge in [0, 0.05) is 57.1 Å². The Kier molecular flexibility index (Phi) is 6.83. The number of likely N-dealkylation sites (N-methyl/N-ethyl adjacent to an activating group) is 1. The summed E-state index contributed by atoms with van der Waals surface area (Å²) in [5.41, 5.74) is 1.66. The Hall–Kier alpha value is -3.57. The lowest BCUT2D eigenvalue weighted by Crippen LogP contribution is -2.57. The Labute approximate surface area is 221 Å². The van der Waals surface area contributed by atoms with E-state index in [0.717, 1.165) is 6.07 Å². The maximum atomic E-state index is 14.8. The van der Waals surface area contributed by atoms with Crippen LogP contribution in [0.5, 0.6) is 5.75 Å². The molecule has 3 aromatic rings. The summed E-state index contributed by atoms with van der Waals surface area (Å²) in [5.74, 6) is -0.559. The van der Waals surface area contributed by atoms with Crippen LogP contribution in [0.25, 0.3) is 22.3 Å². The summed E-state index contributed by atoms with van der Waals surface area (Å²) in [7, 11) is 1.69. The first kappa shape index (κ1) is 26.1. The lowest BCUT2D eigenvalue weighted by molar-refractivity contribution is -0.155. The number of amides is 2. The first-order chi connectivity index (χ1) is 18.0. The molecule has 2 amide bonds. The van der Waals surface area contributed by atoms with Crippen molar-refractivity contribution in [3.05, 3.63) is 59.5 Å². The molecule has 2 aliphatic rings. The first-order valence-corrected chi connectivity index (χ1v) is 12.3. The van der Waals surface area contributed by atoms with Crippen molar-refractivity contribution in [1.82, 2.24) is 15.2 Å². The van der Waals surface area contributed by atoms with Gasteiger partial charge in [-0.25, -0.2) is 14.2 Å². The van der Waals surface area contributed by atoms with Crippen LogP contribution in [0.15, 0.2) is 48.7 Å². The average Bonchev–Trinajstić information content (AvgIpc) is 3.22. The summed E-state index contributed by atoms with van der Waals surface area (Å²) in [4.78, 5) is 21.2. The van der Waals surface area contributed by atoms with Crippen molar-refractivity contribution in [3.63, 3.8) is 0 Å². The van der Waals surface area contributed by atoms with E-state index >= 15 is 0 Å². The third kappa shape index (κ3) is 4.95. The molecule has 1 aromatic heterocycles. The van der Waals surface area contributed by atoms with Gasteiger partial charge in [0.2, 0.25) is 0 Å². The molecule has 0 bridgehead atoms. The molecule has 3 heterocycles. The van der Waals surface area contributed by atoms with E-state index in [1.807, 2.05) is 0 Å². The zero-order valence-electron chi connectivity index (χ0n) is 20.3. The van der Waals surface area contributed by atoms with Gasteiger partial charge in [0.05, 0.1) is 10.7 Å². The van der Waals surface area contributed by atoms with Crippen LogP contribution >= 0.6 is 11.6 Å². The van der Waals surface area contributed by atoms with Crippen molar-refractivity contribution in [3.8, 4) is 28.0 Å². The number of carbonyl (C=O) groups is 1. The highest BCUT2D eigenvalue weighted by molar-refractivity contribution is 6.34. The number of piperazine rings is 1. The maximum Gasteiger partial charge on any atom is 0.405 e. The van der Waals surface area contributed by atoms with Gasteiger partial charge in [-0.15, -0.1) is 0 Å². The number of hydrogen-bond acceptors (Lipinski definition) is 5. The fraction of sp³-hybridized carbons (Fsp3) is 0.308. The van der Waals surface area contributed by atoms with Gasteiger partial charge in [-0.05, 0) is 47.5 Å². The molecular formula is C26H24ClF4N5O2. The summed E-state index contributed by atoms with van der Waals surface area (Å²) in [6.45, 7) is 1.15. The smallest absolute Gasteiger partial charge is 0.405 e. The largest absolute Gasteiger partial charge is 0.507 e. The Morgan fingerprint density at radius 3 is 2.39 bits per heavy atom. The van der Waals surface area contributed by atoms with Gasteiger partial charge in [0.1, 0.15) is 23.4 Å². The molecular weight excluding hydrogens is 526 g/mol. The van der Waals surface area contributed by atoms with Crippen LogP contribution in [0.4, 0.5) is 33.9 Å². The minimum Gasteiger partial charge on any atom is -0.507 e. The van der Waals surface area contributed by atoms with Crippen LogP contribution in [0.2, 0.25) is 5.02 Å². The van der Waals surface area contributed by atoms with E-state index in [4.69, 9.17) is 11.6 Å². The number of phenolic OH excluding ortho intramolecular Hbond substituents is 1. The number of phenols is 1. The van der Waals surface area contributed by atoms with Crippen LogP contribution in [0.1, 0.15) is 0 Å². The van der Waals surface area contributed by atoms with Gasteiger partial charge in [-0.2, -0.15) is 13.2 Å². The van der Waals surface area contributed by atoms with Gasteiger partial charge in [0.15, 0.2) is 0 Å². The molecule has 0 aliphatic carbocycles. The second kappa shape index (κ2) is 9.95. The van der Waals surface area contributed by atoms with Crippen molar-refractivity contribution in [2.24, 2.45) is 0 Å². The monoisotopic (exact) mass is 549 g/mol. The number of halogens is 5. The molecule has 7 nitrogen and oxygen atoms in total. The Bertz CT molecular complexity index is 1390. The molecule has 0 radical (unpaired) electrons. The van der Waals surface area contributed by atoms with Crippen LogP contribution < -0.4 is 15.1 Å². The number of aromatic hydroxyl groups is 1. The molecule has 2 aliphatic heterocycles. The van der Waals surface area contributed by atoms with Gasteiger partial charge in [-0.3, -0.25) is 4.90 Å². The predicted octanol–water partition coefficient (Wildman–Crippen LogP) is 5.13. The lowest BCUT2D eigenvalue weighted by atomic mass is 9.97. The number of urea groups is 1. The second-order valence-electron chi connectivity index (χ2n) is 9.27. The maximum absolute atomic E-state index is 14.8. The molecule has 2 saturated heterocycles. The van der Waals surface area contributed by atoms with Crippen molar-refractivity contribution < 1.29 is 27.5 Å². The van der Waals surface area contributed by atoms with E-state index in [9.17, 15) is 27.5 Å². The van der Waals surface area contributed by atoms with Crippen LogP contribution in [-0.2, 0) is 0 Å². The van der Waals surface area contributed by atoms with Crippen LogP contribution in [0.3, 0.4) is 0 Å². The van der Waals surface area contributed by atoms with Gasteiger partial charge >= 0.3 is 12.2 Å². The van der Waals surface area contributed by atoms with Crippen molar-refractivity contribution in [1.29, 1.82) is 0 Å². The third-order valence-electron chi connectivity index (χ3n) is 6.79. The van der Waals surface area contributed by atoms with Crippen molar-refractivity contribution >= 4 is 29.1 Å². The Morgan fingerprint density at radius 2 is 1.76 bits per heavy atom. The topological polar surface area (TPSA) is 71.9 Å². The second-order valence-corrected chi connectivity index (χ2v) is 9.68. The molecule has 1 atom stereocenters. The Balaban J connectivity index is 1.47. The van der Waals surface area contributed by atoms with Crippen molar-refractivity contribution in [2.75, 3.05) is 49.6 Å². The number of nitrogens with zero attached hydrogens (tertiary/aromatic N) is 4. The van der Waals surface area contributed by atoms with E-state index in [2.05, 4.69) is 10.3 Å². The van der Waals surface area contributed by atoms with Crippen LogP contribution in [-0.4, -0.2) is 73.0 Å². The fourth-order valence-electron chi connectivity index (χ4n) is 4.74. The predicted molar refractivity (Wildman–Crippen MR) is 137 cm³/mol. The Morgan fingerprint density at radius 1 is 1.05 bits per heavy atom. The first-order valence-electron chi connectivity index (χ1n) is 11.9. The number of rotatable bonds is 4. The number of hydrogen-bond donors (Lipinski definition) is 2. The highest BCUT2D eigenvalue weighted by Crippen LogP contribution is 2.42. The SMILES string of the molecule is CN1CCN(c2ccc(-c3cc(F)cc(-c4ccnc(N5CCNC(C(F)(F)F)C5)c4)c3O)cc2Cl)C1=O. The molecule has 2 aromatic carbocycles. The average molecular weight is 550 g/mol. The summed E-state index contributed by atoms with van der Waals surface area (Å²) >= 11 is 6.49. The molecule has 0 spiro atoms. The third-order valence-corrected chi connectivity index (χ3v) is 7.09. The minimum absolute atomic E-state index is 0.127. The molecule has 38 heavy (non-hydrogen) atoms. The molecule has 1 unspecified atom stereocenters. The fourth-order valence-corrected chi connectivity index (χ4v) is 5.02. The van der Waals surface area contributed by atoms with Crippen LogP contribution in [0, 0.1) is 5.82 Å². The molecule has 5 rings (SSSR count). The lowest BCUT2D eigenvalue weighted by Gasteiger charge is -2.35. The van der Waals surface area contributed by atoms with E-state index in [1.165, 1.54) is 23.2 Å². The van der Waals surface area contributed by atoms with Crippen molar-refractivity contribution in [2.45, 2.75) is 12.2 Å². The normalized spacial score (nSPS) is 18.4. The summed E-state index contributed by atoms with van der Waals surface area (Å²) in [6, 6.07) is 8.37. The van der Waals surface area contributed by atoms with E-state index in [-0.39, 0.29) is 46.8 Å². The summed E-state index contributed by atoms with van der Waals surface area (Å²) in [5, 5.41) is 13.9. The zero-order valence-corrected chi connectivity index (χ0v) is 21.0. The summed E-state index contributed by atoms with van der Waals surface area (Å²) in [6.07, 6.45) is -2.99. The number of pyridine rings is 1. The number of nitrogens with one attached hydrogen (secondary N) is 1.